The Morgan fingerprint density at radius 1 is 1.38 bits per heavy atom. The van der Waals surface area contributed by atoms with Gasteiger partial charge in [0.15, 0.2) is 6.17 Å². The van der Waals surface area contributed by atoms with Gasteiger partial charge in [0, 0.05) is 6.20 Å². The van der Waals surface area contributed by atoms with E-state index in [1.165, 1.54) is 12.3 Å². The van der Waals surface area contributed by atoms with Crippen LogP contribution in [0.2, 0.25) is 0 Å². The van der Waals surface area contributed by atoms with Crippen molar-refractivity contribution in [2.45, 2.75) is 55.8 Å². The second-order valence-corrected chi connectivity index (χ2v) is 10.5. The maximum Gasteiger partial charge on any atom is 0.510 e. The number of nitrogen functional groups attached to an aromatic ring is 1. The molecular weight excluding hydrogens is 502 g/mol. The number of rotatable bonds is 11. The highest BCUT2D eigenvalue weighted by Crippen LogP contribution is 2.48. The fourth-order valence-electron chi connectivity index (χ4n) is 2.63. The van der Waals surface area contributed by atoms with Crippen LogP contribution in [0.3, 0.4) is 0 Å². The Kier molecular flexibility index (Phi) is 9.84. The van der Waals surface area contributed by atoms with E-state index in [1.54, 1.807) is 13.8 Å². The number of aliphatic hydroxyl groups excluding tert-OH is 1. The van der Waals surface area contributed by atoms with Gasteiger partial charge in [-0.3, -0.25) is 18.4 Å². The quantitative estimate of drug-likeness (QED) is 0.179. The van der Waals surface area contributed by atoms with Crippen molar-refractivity contribution in [1.82, 2.24) is 14.6 Å². The van der Waals surface area contributed by atoms with E-state index in [2.05, 4.69) is 14.8 Å². The fraction of sp³-hybridized carbons (Fsp3) is 0.647. The zero-order valence-corrected chi connectivity index (χ0v) is 20.1. The number of nitrogens with two attached hydrogens (primary N) is 1. The monoisotopic (exact) mass is 528 g/mol. The standard InChI is InChI=1S/C17H26FN4O10PS/c1-8(2)32-17(27)29-7-31-33(28,21-9(3)15(24)25)30-6-10-13(23)12(18)14(34-10)22-5-4-11(19)20-16(22)26/h4-5,8-10,12-14,23H,6-7H2,1-3H3,(H,21,28)(H,24,25)(H2,19,20,26)/t9?,10-,12+,13-,14-,33?/m1/s1. The summed E-state index contributed by atoms with van der Waals surface area (Å²) in [6, 6.07) is -0.121. The minimum absolute atomic E-state index is 0.0590. The number of hydrogen-bond acceptors (Lipinski definition) is 12. The van der Waals surface area contributed by atoms with Gasteiger partial charge in [-0.25, -0.2) is 23.6 Å². The predicted octanol–water partition coefficient (Wildman–Crippen LogP) is 0.862. The Morgan fingerprint density at radius 3 is 2.65 bits per heavy atom. The van der Waals surface area contributed by atoms with Gasteiger partial charge in [-0.2, -0.15) is 4.98 Å². The molecule has 0 bridgehead atoms. The molecule has 2 heterocycles. The Labute approximate surface area is 197 Å². The molecule has 1 saturated heterocycles. The number of carboxylic acids is 1. The first kappa shape index (κ1) is 28.0. The lowest BCUT2D eigenvalue weighted by atomic mass is 10.1. The summed E-state index contributed by atoms with van der Waals surface area (Å²) in [4.78, 5) is 38.1. The zero-order valence-electron chi connectivity index (χ0n) is 18.4. The average Bonchev–Trinajstić information content (AvgIpc) is 3.00. The van der Waals surface area contributed by atoms with Crippen LogP contribution in [0, 0.1) is 0 Å². The van der Waals surface area contributed by atoms with Gasteiger partial charge in [-0.05, 0) is 26.8 Å². The molecule has 2 unspecified atom stereocenters. The molecule has 0 aromatic carbocycles. The zero-order chi connectivity index (χ0) is 25.6. The first-order chi connectivity index (χ1) is 15.8. The number of alkyl halides is 1. The molecule has 1 aliphatic rings. The second kappa shape index (κ2) is 12.0. The summed E-state index contributed by atoms with van der Waals surface area (Å²) in [5.74, 6) is -1.45. The van der Waals surface area contributed by atoms with Gasteiger partial charge >= 0.3 is 25.6 Å². The summed E-state index contributed by atoms with van der Waals surface area (Å²) in [7, 11) is -4.43. The summed E-state index contributed by atoms with van der Waals surface area (Å²) >= 11 is 0.807. The first-order valence-corrected chi connectivity index (χ1v) is 12.4. The lowest BCUT2D eigenvalue weighted by Crippen LogP contribution is -2.35. The van der Waals surface area contributed by atoms with Gasteiger partial charge in [0.2, 0.25) is 6.79 Å². The van der Waals surface area contributed by atoms with Crippen LogP contribution in [-0.2, 0) is 27.9 Å². The van der Waals surface area contributed by atoms with Gasteiger partial charge in [-0.1, -0.05) is 0 Å². The molecule has 34 heavy (non-hydrogen) atoms. The van der Waals surface area contributed by atoms with E-state index in [9.17, 15) is 28.4 Å². The maximum absolute atomic E-state index is 14.7. The van der Waals surface area contributed by atoms with Crippen LogP contribution in [0.25, 0.3) is 0 Å². The lowest BCUT2D eigenvalue weighted by molar-refractivity contribution is -0.138. The number of anilines is 1. The largest absolute Gasteiger partial charge is 0.510 e. The highest BCUT2D eigenvalue weighted by atomic mass is 32.2. The smallest absolute Gasteiger partial charge is 0.480 e. The third kappa shape index (κ3) is 7.65. The number of hydrogen-bond donors (Lipinski definition) is 4. The Balaban J connectivity index is 2.07. The lowest BCUT2D eigenvalue weighted by Gasteiger charge is -2.23. The number of carboxylic acid groups (broad SMARTS) is 1. The topological polar surface area (TPSA) is 202 Å². The molecule has 1 fully saturated rings. The van der Waals surface area contributed by atoms with Gasteiger partial charge in [-0.15, -0.1) is 11.8 Å². The Bertz CT molecular complexity index is 982. The molecule has 6 atom stereocenters. The van der Waals surface area contributed by atoms with Crippen molar-refractivity contribution in [2.75, 3.05) is 19.1 Å². The van der Waals surface area contributed by atoms with Crippen LogP contribution in [-0.4, -0.2) is 75.0 Å². The van der Waals surface area contributed by atoms with E-state index < -0.39 is 74.0 Å². The summed E-state index contributed by atoms with van der Waals surface area (Å²) in [6.07, 6.45) is -3.95. The molecule has 14 nitrogen and oxygen atoms in total. The van der Waals surface area contributed by atoms with Crippen molar-refractivity contribution in [2.24, 2.45) is 0 Å². The summed E-state index contributed by atoms with van der Waals surface area (Å²) in [5.41, 5.74) is 4.60. The summed E-state index contributed by atoms with van der Waals surface area (Å²) in [5, 5.41) is 19.3. The molecule has 1 aliphatic heterocycles. The van der Waals surface area contributed by atoms with Gasteiger partial charge in [0.1, 0.15) is 23.3 Å². The SMILES string of the molecule is CC(C)OC(=O)OCOP(=O)(NC(C)C(=O)O)OC[C@H]1S[C@@H](n2ccc(N)nc2=O)[C@@H](F)[C@@H]1O. The third-order valence-corrected chi connectivity index (χ3v) is 7.45. The van der Waals surface area contributed by atoms with Crippen LogP contribution in [0.4, 0.5) is 15.0 Å². The Morgan fingerprint density at radius 2 is 2.06 bits per heavy atom. The van der Waals surface area contributed by atoms with E-state index in [-0.39, 0.29) is 5.82 Å². The van der Waals surface area contributed by atoms with Crippen molar-refractivity contribution in [1.29, 1.82) is 0 Å². The molecule has 0 saturated carbocycles. The fourth-order valence-corrected chi connectivity index (χ4v) is 5.51. The highest BCUT2D eigenvalue weighted by molar-refractivity contribution is 8.00. The highest BCUT2D eigenvalue weighted by Gasteiger charge is 2.46. The van der Waals surface area contributed by atoms with E-state index in [4.69, 9.17) is 24.6 Å². The molecule has 0 amide bonds. The number of aromatic nitrogens is 2. The second-order valence-electron chi connectivity index (χ2n) is 7.33. The molecular formula is C17H26FN4O10PS. The van der Waals surface area contributed by atoms with Gasteiger partial charge < -0.3 is 25.4 Å². The van der Waals surface area contributed by atoms with Crippen LogP contribution >= 0.6 is 19.5 Å². The van der Waals surface area contributed by atoms with E-state index in [0.29, 0.717) is 0 Å². The maximum atomic E-state index is 14.7. The summed E-state index contributed by atoms with van der Waals surface area (Å²) in [6.45, 7) is 2.80. The molecule has 0 spiro atoms. The summed E-state index contributed by atoms with van der Waals surface area (Å²) < 4.78 is 48.1. The van der Waals surface area contributed by atoms with Crippen molar-refractivity contribution in [3.63, 3.8) is 0 Å². The molecule has 1 aromatic heterocycles. The molecule has 192 valence electrons. The number of aliphatic carboxylic acids is 1. The van der Waals surface area contributed by atoms with Crippen LogP contribution in [0.15, 0.2) is 17.1 Å². The minimum atomic E-state index is -4.43. The van der Waals surface area contributed by atoms with Crippen LogP contribution in [0.1, 0.15) is 26.1 Å². The molecule has 0 aliphatic carbocycles. The molecule has 1 aromatic rings. The third-order valence-electron chi connectivity index (χ3n) is 4.28. The van der Waals surface area contributed by atoms with Crippen molar-refractivity contribution >= 4 is 37.5 Å². The van der Waals surface area contributed by atoms with Crippen LogP contribution < -0.4 is 16.5 Å². The minimum Gasteiger partial charge on any atom is -0.480 e. The number of carbonyl (C=O) groups is 2. The van der Waals surface area contributed by atoms with Gasteiger partial charge in [0.05, 0.1) is 18.0 Å². The number of aliphatic hydroxyl groups is 1. The molecule has 2 rings (SSSR count). The van der Waals surface area contributed by atoms with E-state index >= 15 is 0 Å². The number of nitrogens with one attached hydrogen (secondary N) is 1. The predicted molar refractivity (Wildman–Crippen MR) is 117 cm³/mol. The average molecular weight is 528 g/mol. The Hall–Kier alpha value is -2.23. The van der Waals surface area contributed by atoms with Crippen molar-refractivity contribution < 1.29 is 47.3 Å². The van der Waals surface area contributed by atoms with E-state index in [1.807, 2.05) is 0 Å². The van der Waals surface area contributed by atoms with Gasteiger partial charge in [0.25, 0.3) is 0 Å². The number of thioether (sulfide) groups is 1. The first-order valence-electron chi connectivity index (χ1n) is 9.88. The van der Waals surface area contributed by atoms with Crippen molar-refractivity contribution in [3.05, 3.63) is 22.7 Å². The van der Waals surface area contributed by atoms with E-state index in [0.717, 1.165) is 23.3 Å². The normalized spacial score (nSPS) is 25.0. The molecule has 5 N–H and O–H groups in total. The van der Waals surface area contributed by atoms with Crippen LogP contribution in [0.5, 0.6) is 0 Å². The molecule has 0 radical (unpaired) electrons. The number of halogens is 1. The number of carbonyl (C=O) groups excluding carboxylic acids is 1. The number of nitrogens with zero attached hydrogens (tertiary/aromatic N) is 2. The molecule has 17 heteroatoms. The number of ether oxygens (including phenoxy) is 2. The van der Waals surface area contributed by atoms with Crippen molar-refractivity contribution in [3.8, 4) is 0 Å².